The Morgan fingerprint density at radius 2 is 1.24 bits per heavy atom. The summed E-state index contributed by atoms with van der Waals surface area (Å²) < 4.78 is 4.82. The van der Waals surface area contributed by atoms with Crippen molar-refractivity contribution >= 4 is 29.0 Å². The van der Waals surface area contributed by atoms with Crippen LogP contribution in [0.1, 0.15) is 32.6 Å². The van der Waals surface area contributed by atoms with Crippen molar-refractivity contribution in [2.45, 2.75) is 13.8 Å². The molecule has 6 rings (SSSR count). The fourth-order valence-electron chi connectivity index (χ4n) is 6.18. The SMILES string of the molecule is COC(=O)c1cccc(N2C(=O)[C@H]3[C@H](C2=O)[C@H]2C=C[C@@H]3C2=C(c2ccc(C)cc2)c2ccc(C)cc2)c1. The van der Waals surface area contributed by atoms with Gasteiger partial charge >= 0.3 is 5.97 Å². The van der Waals surface area contributed by atoms with Crippen LogP contribution in [-0.4, -0.2) is 24.9 Å². The Morgan fingerprint density at radius 1 is 0.730 bits per heavy atom. The molecule has 4 atom stereocenters. The molecule has 184 valence electrons. The molecule has 37 heavy (non-hydrogen) atoms. The molecule has 0 radical (unpaired) electrons. The number of allylic oxidation sites excluding steroid dienone is 3. The third-order valence-corrected chi connectivity index (χ3v) is 7.91. The molecule has 0 N–H and O–H groups in total. The summed E-state index contributed by atoms with van der Waals surface area (Å²) in [7, 11) is 1.31. The lowest BCUT2D eigenvalue weighted by molar-refractivity contribution is -0.122. The van der Waals surface area contributed by atoms with Gasteiger partial charge in [0, 0.05) is 11.8 Å². The topological polar surface area (TPSA) is 63.7 Å². The number of benzene rings is 3. The molecule has 1 aliphatic heterocycles. The van der Waals surface area contributed by atoms with Crippen LogP contribution in [0.15, 0.2) is 90.5 Å². The Labute approximate surface area is 216 Å². The van der Waals surface area contributed by atoms with Gasteiger partial charge in [0.2, 0.25) is 11.8 Å². The van der Waals surface area contributed by atoms with Gasteiger partial charge in [0.1, 0.15) is 0 Å². The monoisotopic (exact) mass is 489 g/mol. The highest BCUT2D eigenvalue weighted by Crippen LogP contribution is 2.58. The number of esters is 1. The number of nitrogens with zero attached hydrogens (tertiary/aromatic N) is 1. The van der Waals surface area contributed by atoms with E-state index in [1.807, 2.05) is 0 Å². The number of rotatable bonds is 4. The highest BCUT2D eigenvalue weighted by molar-refractivity contribution is 6.23. The lowest BCUT2D eigenvalue weighted by atomic mass is 9.85. The molecule has 5 nitrogen and oxygen atoms in total. The molecule has 0 spiro atoms. The fraction of sp³-hybridized carbons (Fsp3) is 0.219. The molecule has 2 aliphatic carbocycles. The van der Waals surface area contributed by atoms with E-state index in [9.17, 15) is 14.4 Å². The van der Waals surface area contributed by atoms with Crippen LogP contribution in [0.25, 0.3) is 5.57 Å². The molecule has 3 aromatic carbocycles. The first-order chi connectivity index (χ1) is 17.9. The standard InChI is InChI=1S/C32H27NO4/c1-18-7-11-20(12-8-18)26(21-13-9-19(2)10-14-21)27-24-15-16-25(27)29-28(24)30(34)33(31(29)35)23-6-4-5-22(17-23)32(36)37-3/h4-17,24-25,28-29H,1-3H3/t24-,25+,28-,29-/m1/s1. The summed E-state index contributed by atoms with van der Waals surface area (Å²) >= 11 is 0. The summed E-state index contributed by atoms with van der Waals surface area (Å²) in [6.07, 6.45) is 4.20. The number of hydrogen-bond donors (Lipinski definition) is 0. The highest BCUT2D eigenvalue weighted by Gasteiger charge is 2.62. The zero-order valence-corrected chi connectivity index (χ0v) is 21.0. The molecule has 0 unspecified atom stereocenters. The molecule has 2 bridgehead atoms. The molecule has 1 saturated heterocycles. The molecule has 3 aromatic rings. The minimum absolute atomic E-state index is 0.155. The van der Waals surface area contributed by atoms with E-state index in [1.165, 1.54) is 23.1 Å². The van der Waals surface area contributed by atoms with E-state index >= 15 is 0 Å². The predicted octanol–water partition coefficient (Wildman–Crippen LogP) is 5.51. The van der Waals surface area contributed by atoms with Gasteiger partial charge in [0.05, 0.1) is 30.2 Å². The number of aryl methyl sites for hydroxylation is 2. The van der Waals surface area contributed by atoms with Crippen molar-refractivity contribution in [2.75, 3.05) is 12.0 Å². The Morgan fingerprint density at radius 3 is 1.73 bits per heavy atom. The van der Waals surface area contributed by atoms with Gasteiger partial charge in [-0.05, 0) is 54.3 Å². The number of fused-ring (bicyclic) bond motifs is 5. The maximum atomic E-state index is 13.8. The normalized spacial score (nSPS) is 23.5. The van der Waals surface area contributed by atoms with Crippen LogP contribution in [0.5, 0.6) is 0 Å². The number of carbonyl (C=O) groups is 3. The quantitative estimate of drug-likeness (QED) is 0.275. The third-order valence-electron chi connectivity index (χ3n) is 7.91. The van der Waals surface area contributed by atoms with E-state index in [1.54, 1.807) is 24.3 Å². The first-order valence-electron chi connectivity index (χ1n) is 12.5. The number of ether oxygens (including phenoxy) is 1. The molecule has 2 fully saturated rings. The van der Waals surface area contributed by atoms with Gasteiger partial charge in [0.25, 0.3) is 0 Å². The summed E-state index contributed by atoms with van der Waals surface area (Å²) in [4.78, 5) is 40.9. The number of methoxy groups -OCH3 is 1. The second-order valence-corrected chi connectivity index (χ2v) is 10.1. The van der Waals surface area contributed by atoms with E-state index in [2.05, 4.69) is 74.5 Å². The van der Waals surface area contributed by atoms with E-state index in [0.717, 1.165) is 22.3 Å². The minimum Gasteiger partial charge on any atom is -0.465 e. The van der Waals surface area contributed by atoms with Crippen LogP contribution in [0, 0.1) is 37.5 Å². The summed E-state index contributed by atoms with van der Waals surface area (Å²) in [5.74, 6) is -2.14. The van der Waals surface area contributed by atoms with Crippen molar-refractivity contribution in [1.82, 2.24) is 0 Å². The summed E-state index contributed by atoms with van der Waals surface area (Å²) in [6.45, 7) is 4.13. The Hall–Kier alpha value is -4.25. The minimum atomic E-state index is -0.506. The first-order valence-corrected chi connectivity index (χ1v) is 12.5. The van der Waals surface area contributed by atoms with Crippen LogP contribution >= 0.6 is 0 Å². The van der Waals surface area contributed by atoms with Crippen LogP contribution < -0.4 is 4.90 Å². The van der Waals surface area contributed by atoms with Crippen molar-refractivity contribution < 1.29 is 19.1 Å². The average Bonchev–Trinajstić information content (AvgIpc) is 3.55. The summed E-state index contributed by atoms with van der Waals surface area (Å²) in [6, 6.07) is 23.4. The number of anilines is 1. The third kappa shape index (κ3) is 3.57. The highest BCUT2D eigenvalue weighted by atomic mass is 16.5. The van der Waals surface area contributed by atoms with E-state index < -0.39 is 17.8 Å². The maximum absolute atomic E-state index is 13.8. The van der Waals surface area contributed by atoms with Gasteiger partial charge in [-0.3, -0.25) is 9.59 Å². The van der Waals surface area contributed by atoms with Gasteiger partial charge in [-0.2, -0.15) is 0 Å². The van der Waals surface area contributed by atoms with Gasteiger partial charge in [-0.15, -0.1) is 0 Å². The van der Waals surface area contributed by atoms with E-state index in [0.29, 0.717) is 11.3 Å². The molecule has 1 saturated carbocycles. The Kier molecular flexibility index (Phi) is 5.45. The lowest BCUT2D eigenvalue weighted by Gasteiger charge is -2.22. The van der Waals surface area contributed by atoms with Crippen molar-refractivity contribution in [3.8, 4) is 0 Å². The van der Waals surface area contributed by atoms with Crippen LogP contribution in [0.3, 0.4) is 0 Å². The van der Waals surface area contributed by atoms with Gasteiger partial charge in [0.15, 0.2) is 0 Å². The molecule has 2 amide bonds. The van der Waals surface area contributed by atoms with Gasteiger partial charge < -0.3 is 4.74 Å². The average molecular weight is 490 g/mol. The second kappa shape index (κ2) is 8.70. The number of hydrogen-bond acceptors (Lipinski definition) is 4. The fourth-order valence-corrected chi connectivity index (χ4v) is 6.18. The Bertz CT molecular complexity index is 1410. The van der Waals surface area contributed by atoms with Crippen LogP contribution in [-0.2, 0) is 14.3 Å². The molecule has 3 aliphatic rings. The summed E-state index contributed by atoms with van der Waals surface area (Å²) in [5, 5.41) is 0. The number of imide groups is 1. The molecule has 1 heterocycles. The van der Waals surface area contributed by atoms with Crippen molar-refractivity contribution in [1.29, 1.82) is 0 Å². The van der Waals surface area contributed by atoms with Gasteiger partial charge in [-0.1, -0.05) is 77.9 Å². The molecule has 5 heteroatoms. The zero-order chi connectivity index (χ0) is 25.8. The predicted molar refractivity (Wildman–Crippen MR) is 142 cm³/mol. The molecule has 0 aromatic heterocycles. The number of carbonyl (C=O) groups excluding carboxylic acids is 3. The lowest BCUT2D eigenvalue weighted by Crippen LogP contribution is -2.33. The molecular weight excluding hydrogens is 462 g/mol. The second-order valence-electron chi connectivity index (χ2n) is 10.1. The van der Waals surface area contributed by atoms with Crippen molar-refractivity contribution in [3.63, 3.8) is 0 Å². The summed E-state index contributed by atoms with van der Waals surface area (Å²) in [5.41, 5.74) is 7.50. The van der Waals surface area contributed by atoms with Crippen molar-refractivity contribution in [2.24, 2.45) is 23.7 Å². The van der Waals surface area contributed by atoms with E-state index in [-0.39, 0.29) is 23.7 Å². The molecular formula is C32H27NO4. The zero-order valence-electron chi connectivity index (χ0n) is 21.0. The Balaban J connectivity index is 1.45. The van der Waals surface area contributed by atoms with Crippen LogP contribution in [0.2, 0.25) is 0 Å². The van der Waals surface area contributed by atoms with Crippen molar-refractivity contribution in [3.05, 3.63) is 118 Å². The first kappa shape index (κ1) is 23.2. The largest absolute Gasteiger partial charge is 0.465 e. The van der Waals surface area contributed by atoms with Crippen LogP contribution in [0.4, 0.5) is 5.69 Å². The maximum Gasteiger partial charge on any atom is 0.337 e. The number of amides is 2. The van der Waals surface area contributed by atoms with E-state index in [4.69, 9.17) is 4.74 Å². The van der Waals surface area contributed by atoms with Gasteiger partial charge in [-0.25, -0.2) is 9.69 Å². The smallest absolute Gasteiger partial charge is 0.337 e.